The summed E-state index contributed by atoms with van der Waals surface area (Å²) >= 11 is 5.51. The van der Waals surface area contributed by atoms with Gasteiger partial charge >= 0.3 is 0 Å². The highest BCUT2D eigenvalue weighted by molar-refractivity contribution is 7.80. The van der Waals surface area contributed by atoms with E-state index in [1.807, 2.05) is 78.9 Å². The predicted molar refractivity (Wildman–Crippen MR) is 148 cm³/mol. The van der Waals surface area contributed by atoms with Crippen molar-refractivity contribution in [3.63, 3.8) is 0 Å². The number of fused-ring (bicyclic) bond motifs is 1. The number of methoxy groups -OCH3 is 1. The van der Waals surface area contributed by atoms with Crippen LogP contribution in [0.25, 0.3) is 16.8 Å². The van der Waals surface area contributed by atoms with Crippen LogP contribution in [0.2, 0.25) is 0 Å². The number of carbonyl (C=O) groups is 1. The number of nitrogens with zero attached hydrogens (tertiary/aromatic N) is 1. The highest BCUT2D eigenvalue weighted by Gasteiger charge is 2.33. The first-order valence-electron chi connectivity index (χ1n) is 11.8. The number of rotatable bonds is 7. The maximum absolute atomic E-state index is 13.3. The fraction of sp³-hybridized carbons (Fsp3) is 0.133. The molecule has 4 aromatic rings. The smallest absolute Gasteiger partial charge is 0.281 e. The normalized spacial score (nSPS) is 14.4. The second-order valence-corrected chi connectivity index (χ2v) is 8.87. The fourth-order valence-electron chi connectivity index (χ4n) is 4.37. The average Bonchev–Trinajstić information content (AvgIpc) is 3.19. The first-order valence-corrected chi connectivity index (χ1v) is 12.2. The molecular weight excluding hydrogens is 468 g/mol. The summed E-state index contributed by atoms with van der Waals surface area (Å²) in [4.78, 5) is 14.8. The van der Waals surface area contributed by atoms with Crippen molar-refractivity contribution in [1.29, 1.82) is 0 Å². The van der Waals surface area contributed by atoms with Crippen molar-refractivity contribution in [2.75, 3.05) is 12.0 Å². The molecule has 4 aromatic carbocycles. The molecule has 1 heterocycles. The zero-order valence-electron chi connectivity index (χ0n) is 20.2. The minimum atomic E-state index is -0.175. The Morgan fingerprint density at radius 1 is 0.917 bits per heavy atom. The molecule has 5 rings (SSSR count). The van der Waals surface area contributed by atoms with Gasteiger partial charge in [-0.05, 0) is 76.9 Å². The van der Waals surface area contributed by atoms with Crippen LogP contribution in [0.4, 0.5) is 5.69 Å². The first kappa shape index (κ1) is 23.6. The van der Waals surface area contributed by atoms with Crippen LogP contribution in [0.5, 0.6) is 11.5 Å². The molecule has 180 valence electrons. The molecule has 0 atom stereocenters. The van der Waals surface area contributed by atoms with Crippen LogP contribution >= 0.6 is 12.2 Å². The summed E-state index contributed by atoms with van der Waals surface area (Å²) in [6, 6.07) is 27.8. The summed E-state index contributed by atoms with van der Waals surface area (Å²) in [7, 11) is 1.64. The van der Waals surface area contributed by atoms with Crippen molar-refractivity contribution in [3.8, 4) is 11.5 Å². The molecule has 1 N–H and O–H groups in total. The fourth-order valence-corrected chi connectivity index (χ4v) is 4.66. The van der Waals surface area contributed by atoms with Crippen LogP contribution in [-0.4, -0.2) is 18.1 Å². The highest BCUT2D eigenvalue weighted by Crippen LogP contribution is 2.28. The Morgan fingerprint density at radius 2 is 1.69 bits per heavy atom. The third kappa shape index (κ3) is 4.68. The molecule has 1 amide bonds. The Labute approximate surface area is 216 Å². The van der Waals surface area contributed by atoms with Gasteiger partial charge < -0.3 is 14.8 Å². The molecule has 36 heavy (non-hydrogen) atoms. The van der Waals surface area contributed by atoms with E-state index in [2.05, 4.69) is 24.4 Å². The van der Waals surface area contributed by atoms with E-state index in [1.54, 1.807) is 12.0 Å². The third-order valence-electron chi connectivity index (χ3n) is 6.22. The third-order valence-corrected chi connectivity index (χ3v) is 6.51. The maximum Gasteiger partial charge on any atom is 0.281 e. The number of hydrogen-bond acceptors (Lipinski definition) is 4. The molecule has 0 unspecified atom stereocenters. The van der Waals surface area contributed by atoms with E-state index >= 15 is 0 Å². The molecule has 0 radical (unpaired) electrons. The molecule has 0 saturated carbocycles. The van der Waals surface area contributed by atoms with E-state index in [0.29, 0.717) is 17.4 Å². The number of benzene rings is 4. The van der Waals surface area contributed by atoms with E-state index in [0.717, 1.165) is 45.7 Å². The van der Waals surface area contributed by atoms with Crippen molar-refractivity contribution < 1.29 is 14.3 Å². The molecule has 0 spiro atoms. The number of carbonyl (C=O) groups excluding carboxylic acids is 1. The van der Waals surface area contributed by atoms with Gasteiger partial charge in [0.05, 0.1) is 12.8 Å². The number of hydrogen-bond donors (Lipinski definition) is 1. The molecule has 1 aliphatic rings. The van der Waals surface area contributed by atoms with Gasteiger partial charge in [0.1, 0.15) is 23.8 Å². The van der Waals surface area contributed by atoms with Gasteiger partial charge in [-0.25, -0.2) is 0 Å². The Hall–Kier alpha value is -4.16. The monoisotopic (exact) mass is 494 g/mol. The van der Waals surface area contributed by atoms with E-state index in [4.69, 9.17) is 21.7 Å². The zero-order chi connectivity index (χ0) is 25.1. The van der Waals surface area contributed by atoms with Crippen LogP contribution in [0.3, 0.4) is 0 Å². The lowest BCUT2D eigenvalue weighted by Gasteiger charge is -2.17. The van der Waals surface area contributed by atoms with Crippen molar-refractivity contribution in [2.24, 2.45) is 0 Å². The SMILES string of the molecule is CCc1ccccc1N1C(=O)/C(=C\c2ccc(OC)c(COc3ccc4ccccc4c3)c2)NC1=S. The van der Waals surface area contributed by atoms with Gasteiger partial charge in [0.2, 0.25) is 0 Å². The van der Waals surface area contributed by atoms with E-state index in [-0.39, 0.29) is 5.91 Å². The quantitative estimate of drug-likeness (QED) is 0.243. The number of aryl methyl sites for hydroxylation is 1. The summed E-state index contributed by atoms with van der Waals surface area (Å²) in [5.74, 6) is 1.33. The number of ether oxygens (including phenoxy) is 2. The second-order valence-electron chi connectivity index (χ2n) is 8.48. The lowest BCUT2D eigenvalue weighted by Crippen LogP contribution is -2.31. The number of amides is 1. The van der Waals surface area contributed by atoms with Gasteiger partial charge in [0.25, 0.3) is 5.91 Å². The molecular formula is C30H26N2O3S. The van der Waals surface area contributed by atoms with Crippen molar-refractivity contribution in [1.82, 2.24) is 5.32 Å². The van der Waals surface area contributed by atoms with Gasteiger partial charge in [0, 0.05) is 5.56 Å². The zero-order valence-corrected chi connectivity index (χ0v) is 21.0. The van der Waals surface area contributed by atoms with Gasteiger partial charge in [-0.15, -0.1) is 0 Å². The molecule has 0 aliphatic carbocycles. The van der Waals surface area contributed by atoms with Gasteiger partial charge in [-0.1, -0.05) is 61.5 Å². The summed E-state index contributed by atoms with van der Waals surface area (Å²) in [5.41, 5.74) is 4.02. The molecule has 1 aliphatic heterocycles. The van der Waals surface area contributed by atoms with E-state index in [1.165, 1.54) is 5.39 Å². The van der Waals surface area contributed by atoms with E-state index in [9.17, 15) is 4.79 Å². The van der Waals surface area contributed by atoms with Crippen LogP contribution < -0.4 is 19.7 Å². The molecule has 0 aromatic heterocycles. The van der Waals surface area contributed by atoms with Crippen molar-refractivity contribution in [2.45, 2.75) is 20.0 Å². The maximum atomic E-state index is 13.3. The minimum absolute atomic E-state index is 0.175. The lowest BCUT2D eigenvalue weighted by molar-refractivity contribution is -0.113. The molecule has 0 bridgehead atoms. The van der Waals surface area contributed by atoms with Crippen LogP contribution in [-0.2, 0) is 17.8 Å². The summed E-state index contributed by atoms with van der Waals surface area (Å²) in [5, 5.41) is 5.74. The largest absolute Gasteiger partial charge is 0.496 e. The summed E-state index contributed by atoms with van der Waals surface area (Å²) in [6.07, 6.45) is 2.61. The standard InChI is InChI=1S/C30H26N2O3S/c1-3-21-8-6-7-11-27(21)32-29(33)26(31-30(32)36)17-20-12-15-28(34-2)24(16-20)19-35-25-14-13-22-9-4-5-10-23(22)18-25/h4-18H,3,19H2,1-2H3,(H,31,36)/b26-17+. The Bertz CT molecular complexity index is 1490. The molecule has 1 fully saturated rings. The van der Waals surface area contributed by atoms with Crippen LogP contribution in [0.15, 0.2) is 90.6 Å². The van der Waals surface area contributed by atoms with Crippen LogP contribution in [0, 0.1) is 0 Å². The Kier molecular flexibility index (Phi) is 6.69. The van der Waals surface area contributed by atoms with Crippen molar-refractivity contribution in [3.05, 3.63) is 107 Å². The number of para-hydroxylation sites is 1. The summed E-state index contributed by atoms with van der Waals surface area (Å²) < 4.78 is 11.6. The predicted octanol–water partition coefficient (Wildman–Crippen LogP) is 6.25. The Morgan fingerprint density at radius 3 is 2.50 bits per heavy atom. The van der Waals surface area contributed by atoms with E-state index < -0.39 is 0 Å². The second kappa shape index (κ2) is 10.2. The average molecular weight is 495 g/mol. The first-order chi connectivity index (χ1) is 17.6. The van der Waals surface area contributed by atoms with Gasteiger partial charge in [-0.2, -0.15) is 0 Å². The van der Waals surface area contributed by atoms with Gasteiger partial charge in [-0.3, -0.25) is 9.69 Å². The topological polar surface area (TPSA) is 50.8 Å². The molecule has 1 saturated heterocycles. The lowest BCUT2D eigenvalue weighted by atomic mass is 10.1. The van der Waals surface area contributed by atoms with Gasteiger partial charge in [0.15, 0.2) is 5.11 Å². The number of nitrogens with one attached hydrogen (secondary N) is 1. The summed E-state index contributed by atoms with van der Waals surface area (Å²) in [6.45, 7) is 2.39. The Balaban J connectivity index is 1.39. The number of anilines is 1. The van der Waals surface area contributed by atoms with Crippen molar-refractivity contribution >= 4 is 45.8 Å². The molecule has 5 nitrogen and oxygen atoms in total. The highest BCUT2D eigenvalue weighted by atomic mass is 32.1. The minimum Gasteiger partial charge on any atom is -0.496 e. The van der Waals surface area contributed by atoms with Crippen LogP contribution in [0.1, 0.15) is 23.6 Å². The molecule has 6 heteroatoms. The number of thiocarbonyl (C=S) groups is 1.